The number of carbonyl (C=O) groups excluding carboxylic acids is 1. The second kappa shape index (κ2) is 7.27. The summed E-state index contributed by atoms with van der Waals surface area (Å²) in [5, 5.41) is 0. The molecule has 0 saturated heterocycles. The van der Waals surface area contributed by atoms with Gasteiger partial charge in [0.15, 0.2) is 0 Å². The number of rotatable bonds is 5. The molecule has 1 aromatic rings. The highest BCUT2D eigenvalue weighted by Gasteiger charge is 2.17. The molecule has 4 nitrogen and oxygen atoms in total. The summed E-state index contributed by atoms with van der Waals surface area (Å²) < 4.78 is 10.3. The van der Waals surface area contributed by atoms with Gasteiger partial charge in [0.2, 0.25) is 0 Å². The molecule has 114 valence electrons. The van der Waals surface area contributed by atoms with Crippen molar-refractivity contribution in [1.29, 1.82) is 0 Å². The summed E-state index contributed by atoms with van der Waals surface area (Å²) in [6, 6.07) is 8.20. The fourth-order valence-corrected chi connectivity index (χ4v) is 2.54. The van der Waals surface area contributed by atoms with Crippen molar-refractivity contribution < 1.29 is 14.3 Å². The lowest BCUT2D eigenvalue weighted by molar-refractivity contribution is -0.140. The van der Waals surface area contributed by atoms with Crippen LogP contribution in [0.5, 0.6) is 5.75 Å². The molecule has 0 aromatic heterocycles. The molecule has 0 radical (unpaired) electrons. The van der Waals surface area contributed by atoms with Gasteiger partial charge in [0.1, 0.15) is 12.4 Å². The van der Waals surface area contributed by atoms with Crippen molar-refractivity contribution in [3.63, 3.8) is 0 Å². The minimum Gasteiger partial charge on any atom is -0.497 e. The van der Waals surface area contributed by atoms with E-state index in [0.717, 1.165) is 31.8 Å². The van der Waals surface area contributed by atoms with Gasteiger partial charge in [0.05, 0.1) is 7.11 Å². The molecule has 0 fully saturated rings. The lowest BCUT2D eigenvalue weighted by Gasteiger charge is -2.29. The summed E-state index contributed by atoms with van der Waals surface area (Å²) in [5.41, 5.74) is 3.86. The highest BCUT2D eigenvalue weighted by molar-refractivity contribution is 5.66. The number of esters is 1. The Balaban J connectivity index is 1.90. The first-order valence-electron chi connectivity index (χ1n) is 7.24. The number of benzene rings is 1. The maximum atomic E-state index is 10.9. The van der Waals surface area contributed by atoms with Gasteiger partial charge in [-0.2, -0.15) is 0 Å². The molecule has 0 amide bonds. The van der Waals surface area contributed by atoms with E-state index in [9.17, 15) is 4.79 Å². The molecular weight excluding hydrogens is 266 g/mol. The fourth-order valence-electron chi connectivity index (χ4n) is 2.54. The van der Waals surface area contributed by atoms with Crippen LogP contribution in [0.4, 0.5) is 0 Å². The predicted octanol–water partition coefficient (Wildman–Crippen LogP) is 2.78. The van der Waals surface area contributed by atoms with E-state index in [1.165, 1.54) is 23.6 Å². The fraction of sp³-hybridized carbons (Fsp3) is 0.471. The van der Waals surface area contributed by atoms with Crippen LogP contribution in [0.3, 0.4) is 0 Å². The van der Waals surface area contributed by atoms with Crippen LogP contribution in [0.1, 0.15) is 25.8 Å². The highest BCUT2D eigenvalue weighted by atomic mass is 16.5. The molecule has 0 unspecified atom stereocenters. The lowest BCUT2D eigenvalue weighted by atomic mass is 10.0. The third-order valence-electron chi connectivity index (χ3n) is 3.81. The van der Waals surface area contributed by atoms with Gasteiger partial charge in [0, 0.05) is 26.6 Å². The third-order valence-corrected chi connectivity index (χ3v) is 3.81. The van der Waals surface area contributed by atoms with Crippen molar-refractivity contribution in [2.75, 3.05) is 26.8 Å². The lowest BCUT2D eigenvalue weighted by Crippen LogP contribution is -2.31. The number of hydrogen-bond donors (Lipinski definition) is 0. The molecule has 0 aliphatic carbocycles. The van der Waals surface area contributed by atoms with Crippen molar-refractivity contribution in [2.24, 2.45) is 0 Å². The largest absolute Gasteiger partial charge is 0.497 e. The van der Waals surface area contributed by atoms with Gasteiger partial charge >= 0.3 is 5.97 Å². The SMILES string of the molecule is COc1ccc(CN2CCC(COC(C)=O)=C(C)C2)cc1. The first-order chi connectivity index (χ1) is 10.1. The van der Waals surface area contributed by atoms with E-state index in [0.29, 0.717) is 6.61 Å². The molecule has 1 aliphatic heterocycles. The average molecular weight is 289 g/mol. The summed E-state index contributed by atoms with van der Waals surface area (Å²) in [4.78, 5) is 13.3. The Morgan fingerprint density at radius 3 is 2.57 bits per heavy atom. The Morgan fingerprint density at radius 2 is 2.00 bits per heavy atom. The molecule has 2 rings (SSSR count). The first kappa shape index (κ1) is 15.6. The van der Waals surface area contributed by atoms with Gasteiger partial charge < -0.3 is 9.47 Å². The number of hydrogen-bond acceptors (Lipinski definition) is 4. The summed E-state index contributed by atoms with van der Waals surface area (Å²) >= 11 is 0. The van der Waals surface area contributed by atoms with Crippen LogP contribution >= 0.6 is 0 Å². The zero-order valence-electron chi connectivity index (χ0n) is 13.0. The van der Waals surface area contributed by atoms with Gasteiger partial charge in [-0.15, -0.1) is 0 Å². The van der Waals surface area contributed by atoms with E-state index in [2.05, 4.69) is 24.0 Å². The van der Waals surface area contributed by atoms with Crippen molar-refractivity contribution in [3.05, 3.63) is 41.0 Å². The van der Waals surface area contributed by atoms with Crippen LogP contribution in [-0.4, -0.2) is 37.7 Å². The Morgan fingerprint density at radius 1 is 1.29 bits per heavy atom. The number of nitrogens with zero attached hydrogens (tertiary/aromatic N) is 1. The number of carbonyl (C=O) groups is 1. The summed E-state index contributed by atoms with van der Waals surface area (Å²) in [7, 11) is 1.68. The van der Waals surface area contributed by atoms with E-state index in [1.807, 2.05) is 12.1 Å². The monoisotopic (exact) mass is 289 g/mol. The minimum atomic E-state index is -0.212. The maximum absolute atomic E-state index is 10.9. The molecule has 4 heteroatoms. The van der Waals surface area contributed by atoms with E-state index in [4.69, 9.17) is 9.47 Å². The molecule has 1 aromatic carbocycles. The molecular formula is C17H23NO3. The highest BCUT2D eigenvalue weighted by Crippen LogP contribution is 2.20. The number of methoxy groups -OCH3 is 1. The van der Waals surface area contributed by atoms with Gasteiger partial charge in [-0.25, -0.2) is 0 Å². The Hall–Kier alpha value is -1.81. The topological polar surface area (TPSA) is 38.8 Å². The second-order valence-electron chi connectivity index (χ2n) is 5.47. The second-order valence-corrected chi connectivity index (χ2v) is 5.47. The summed E-state index contributed by atoms with van der Waals surface area (Å²) in [6.45, 7) is 6.88. The molecule has 0 spiro atoms. The van der Waals surface area contributed by atoms with Gasteiger partial charge in [0.25, 0.3) is 0 Å². The Bertz CT molecular complexity index is 519. The molecule has 1 heterocycles. The van der Waals surface area contributed by atoms with E-state index in [1.54, 1.807) is 7.11 Å². The standard InChI is InChI=1S/C17H23NO3/c1-13-10-18(9-8-16(13)12-21-14(2)19)11-15-4-6-17(20-3)7-5-15/h4-7H,8-12H2,1-3H3. The maximum Gasteiger partial charge on any atom is 0.302 e. The smallest absolute Gasteiger partial charge is 0.302 e. The van der Waals surface area contributed by atoms with Crippen molar-refractivity contribution in [3.8, 4) is 5.75 Å². The molecule has 0 N–H and O–H groups in total. The third kappa shape index (κ3) is 4.60. The van der Waals surface area contributed by atoms with Gasteiger partial charge in [-0.1, -0.05) is 17.7 Å². The Kier molecular flexibility index (Phi) is 5.39. The van der Waals surface area contributed by atoms with Crippen LogP contribution in [-0.2, 0) is 16.1 Å². The summed E-state index contributed by atoms with van der Waals surface area (Å²) in [5.74, 6) is 0.674. The van der Waals surface area contributed by atoms with Crippen LogP contribution in [0.2, 0.25) is 0 Å². The van der Waals surface area contributed by atoms with Gasteiger partial charge in [-0.05, 0) is 36.6 Å². The Labute approximate surface area is 126 Å². The quantitative estimate of drug-likeness (QED) is 0.617. The first-order valence-corrected chi connectivity index (χ1v) is 7.24. The molecule has 0 bridgehead atoms. The van der Waals surface area contributed by atoms with Crippen LogP contribution in [0.25, 0.3) is 0 Å². The zero-order chi connectivity index (χ0) is 15.2. The minimum absolute atomic E-state index is 0.212. The van der Waals surface area contributed by atoms with Crippen molar-refractivity contribution >= 4 is 5.97 Å². The van der Waals surface area contributed by atoms with E-state index in [-0.39, 0.29) is 5.97 Å². The molecule has 0 saturated carbocycles. The molecule has 1 aliphatic rings. The van der Waals surface area contributed by atoms with Crippen LogP contribution in [0, 0.1) is 0 Å². The molecule has 21 heavy (non-hydrogen) atoms. The normalized spacial score (nSPS) is 16.0. The van der Waals surface area contributed by atoms with Gasteiger partial charge in [-0.3, -0.25) is 9.69 Å². The van der Waals surface area contributed by atoms with E-state index >= 15 is 0 Å². The number of ether oxygens (including phenoxy) is 2. The van der Waals surface area contributed by atoms with E-state index < -0.39 is 0 Å². The zero-order valence-corrected chi connectivity index (χ0v) is 13.0. The van der Waals surface area contributed by atoms with Crippen molar-refractivity contribution in [2.45, 2.75) is 26.8 Å². The molecule has 0 atom stereocenters. The van der Waals surface area contributed by atoms with Crippen LogP contribution in [0.15, 0.2) is 35.4 Å². The van der Waals surface area contributed by atoms with Crippen molar-refractivity contribution in [1.82, 2.24) is 4.90 Å². The summed E-state index contributed by atoms with van der Waals surface area (Å²) in [6.07, 6.45) is 0.968. The predicted molar refractivity (Wildman–Crippen MR) is 82.2 cm³/mol. The average Bonchev–Trinajstić information content (AvgIpc) is 2.47. The van der Waals surface area contributed by atoms with Crippen LogP contribution < -0.4 is 4.74 Å².